The Hall–Kier alpha value is -0.890. The van der Waals surface area contributed by atoms with Crippen LogP contribution in [0.4, 0.5) is 4.39 Å². The lowest BCUT2D eigenvalue weighted by Gasteiger charge is -2.41. The Morgan fingerprint density at radius 3 is 2.71 bits per heavy atom. The molecule has 0 radical (unpaired) electrons. The van der Waals surface area contributed by atoms with Crippen LogP contribution in [0, 0.1) is 24.1 Å². The summed E-state index contributed by atoms with van der Waals surface area (Å²) >= 11 is 0. The minimum atomic E-state index is -0.0298. The fourth-order valence-corrected chi connectivity index (χ4v) is 3.58. The van der Waals surface area contributed by atoms with Gasteiger partial charge in [-0.2, -0.15) is 0 Å². The standard InChI is InChI=1S/C19H30FN/c1-13(2)21-12-15-8-9-19(4,5)11-17(15)16-10-14(3)6-7-18(16)20/h6-7,10,13,15,17,21H,8-9,11-12H2,1-5H3. The number of rotatable bonds is 4. The third kappa shape index (κ3) is 4.29. The predicted molar refractivity (Wildman–Crippen MR) is 88.1 cm³/mol. The molecule has 1 nitrogen and oxygen atoms in total. The van der Waals surface area contributed by atoms with Crippen LogP contribution in [-0.4, -0.2) is 12.6 Å². The monoisotopic (exact) mass is 291 g/mol. The lowest BCUT2D eigenvalue weighted by Crippen LogP contribution is -2.37. The normalized spacial score (nSPS) is 25.3. The summed E-state index contributed by atoms with van der Waals surface area (Å²) in [5.74, 6) is 0.842. The van der Waals surface area contributed by atoms with Crippen molar-refractivity contribution in [1.82, 2.24) is 5.32 Å². The van der Waals surface area contributed by atoms with Crippen molar-refractivity contribution in [2.45, 2.75) is 65.8 Å². The van der Waals surface area contributed by atoms with Crippen LogP contribution in [0.25, 0.3) is 0 Å². The van der Waals surface area contributed by atoms with E-state index in [0.717, 1.165) is 24.1 Å². The molecule has 2 unspecified atom stereocenters. The summed E-state index contributed by atoms with van der Waals surface area (Å²) < 4.78 is 14.4. The van der Waals surface area contributed by atoms with Gasteiger partial charge in [-0.3, -0.25) is 0 Å². The van der Waals surface area contributed by atoms with E-state index in [2.05, 4.69) is 46.0 Å². The second-order valence-electron chi connectivity index (χ2n) is 7.86. The Bertz CT molecular complexity index is 476. The Balaban J connectivity index is 2.26. The molecular formula is C19H30FN. The lowest BCUT2D eigenvalue weighted by atomic mass is 9.65. The van der Waals surface area contributed by atoms with Crippen LogP contribution >= 0.6 is 0 Å². The van der Waals surface area contributed by atoms with Gasteiger partial charge in [0.15, 0.2) is 0 Å². The highest BCUT2D eigenvalue weighted by molar-refractivity contribution is 5.28. The first-order chi connectivity index (χ1) is 9.78. The predicted octanol–water partition coefficient (Wildman–Crippen LogP) is 5.04. The van der Waals surface area contributed by atoms with Crippen molar-refractivity contribution in [3.8, 4) is 0 Å². The van der Waals surface area contributed by atoms with Crippen LogP contribution in [0.15, 0.2) is 18.2 Å². The van der Waals surface area contributed by atoms with Crippen molar-refractivity contribution in [3.63, 3.8) is 0 Å². The van der Waals surface area contributed by atoms with E-state index in [0.29, 0.717) is 23.3 Å². The van der Waals surface area contributed by atoms with E-state index < -0.39 is 0 Å². The highest BCUT2D eigenvalue weighted by Crippen LogP contribution is 2.47. The molecule has 1 N–H and O–H groups in total. The van der Waals surface area contributed by atoms with Crippen LogP contribution in [0.2, 0.25) is 0 Å². The SMILES string of the molecule is Cc1ccc(F)c(C2CC(C)(C)CCC2CNC(C)C)c1. The summed E-state index contributed by atoms with van der Waals surface area (Å²) in [6.45, 7) is 12.0. The second-order valence-corrected chi connectivity index (χ2v) is 7.86. The molecule has 0 amide bonds. The lowest BCUT2D eigenvalue weighted by molar-refractivity contribution is 0.156. The Morgan fingerprint density at radius 2 is 2.05 bits per heavy atom. The molecular weight excluding hydrogens is 261 g/mol. The van der Waals surface area contributed by atoms with Crippen molar-refractivity contribution >= 4 is 0 Å². The van der Waals surface area contributed by atoms with Gasteiger partial charge in [-0.25, -0.2) is 4.39 Å². The number of nitrogens with one attached hydrogen (secondary N) is 1. The Morgan fingerprint density at radius 1 is 1.33 bits per heavy atom. The number of hydrogen-bond acceptors (Lipinski definition) is 1. The fraction of sp³-hybridized carbons (Fsp3) is 0.684. The van der Waals surface area contributed by atoms with E-state index in [1.54, 1.807) is 6.07 Å². The number of benzene rings is 1. The maximum Gasteiger partial charge on any atom is 0.126 e. The van der Waals surface area contributed by atoms with Gasteiger partial charge in [0, 0.05) is 6.04 Å². The summed E-state index contributed by atoms with van der Waals surface area (Å²) in [5.41, 5.74) is 2.40. The first-order valence-electron chi connectivity index (χ1n) is 8.28. The average molecular weight is 291 g/mol. The molecule has 21 heavy (non-hydrogen) atoms. The van der Waals surface area contributed by atoms with E-state index in [4.69, 9.17) is 0 Å². The first-order valence-corrected chi connectivity index (χ1v) is 8.28. The van der Waals surface area contributed by atoms with E-state index in [1.807, 2.05) is 6.07 Å². The minimum Gasteiger partial charge on any atom is -0.314 e. The maximum atomic E-state index is 14.4. The molecule has 1 aliphatic rings. The van der Waals surface area contributed by atoms with Crippen molar-refractivity contribution in [2.75, 3.05) is 6.54 Å². The van der Waals surface area contributed by atoms with E-state index in [9.17, 15) is 4.39 Å². The highest BCUT2D eigenvalue weighted by Gasteiger charge is 2.36. The van der Waals surface area contributed by atoms with Gasteiger partial charge in [-0.1, -0.05) is 45.4 Å². The largest absolute Gasteiger partial charge is 0.314 e. The molecule has 1 aromatic carbocycles. The average Bonchev–Trinajstić information content (AvgIpc) is 2.39. The van der Waals surface area contributed by atoms with Gasteiger partial charge in [-0.05, 0) is 61.6 Å². The van der Waals surface area contributed by atoms with Gasteiger partial charge < -0.3 is 5.32 Å². The van der Waals surface area contributed by atoms with Crippen molar-refractivity contribution in [1.29, 1.82) is 0 Å². The molecule has 1 fully saturated rings. The summed E-state index contributed by atoms with van der Waals surface area (Å²) in [4.78, 5) is 0. The zero-order valence-corrected chi connectivity index (χ0v) is 14.2. The van der Waals surface area contributed by atoms with Crippen molar-refractivity contribution in [2.24, 2.45) is 11.3 Å². The van der Waals surface area contributed by atoms with Gasteiger partial charge in [0.2, 0.25) is 0 Å². The zero-order valence-electron chi connectivity index (χ0n) is 14.2. The molecule has 0 aliphatic heterocycles. The molecule has 2 rings (SSSR count). The van der Waals surface area contributed by atoms with Crippen molar-refractivity contribution in [3.05, 3.63) is 35.1 Å². The van der Waals surface area contributed by atoms with Crippen LogP contribution in [-0.2, 0) is 0 Å². The summed E-state index contributed by atoms with van der Waals surface area (Å²) in [6, 6.07) is 6.06. The number of aryl methyl sites for hydroxylation is 1. The molecule has 0 aromatic heterocycles. The van der Waals surface area contributed by atoms with E-state index in [-0.39, 0.29) is 5.82 Å². The fourth-order valence-electron chi connectivity index (χ4n) is 3.58. The molecule has 0 bridgehead atoms. The van der Waals surface area contributed by atoms with E-state index >= 15 is 0 Å². The summed E-state index contributed by atoms with van der Waals surface area (Å²) in [5, 5.41) is 3.55. The Labute approximate surface area is 129 Å². The molecule has 2 heteroatoms. The third-order valence-electron chi connectivity index (χ3n) is 4.87. The molecule has 0 saturated heterocycles. The van der Waals surface area contributed by atoms with Gasteiger partial charge in [0.25, 0.3) is 0 Å². The van der Waals surface area contributed by atoms with Crippen LogP contribution in [0.1, 0.15) is 64.0 Å². The topological polar surface area (TPSA) is 12.0 Å². The van der Waals surface area contributed by atoms with Gasteiger partial charge >= 0.3 is 0 Å². The first kappa shape index (κ1) is 16.5. The number of halogens is 1. The number of hydrogen-bond donors (Lipinski definition) is 1. The third-order valence-corrected chi connectivity index (χ3v) is 4.87. The van der Waals surface area contributed by atoms with Crippen molar-refractivity contribution < 1.29 is 4.39 Å². The van der Waals surface area contributed by atoms with Gasteiger partial charge in [-0.15, -0.1) is 0 Å². The molecule has 2 atom stereocenters. The van der Waals surface area contributed by atoms with Crippen LogP contribution in [0.5, 0.6) is 0 Å². The quantitative estimate of drug-likeness (QED) is 0.819. The highest BCUT2D eigenvalue weighted by atomic mass is 19.1. The van der Waals surface area contributed by atoms with Gasteiger partial charge in [0.1, 0.15) is 5.82 Å². The van der Waals surface area contributed by atoms with Crippen LogP contribution in [0.3, 0.4) is 0 Å². The van der Waals surface area contributed by atoms with E-state index in [1.165, 1.54) is 12.8 Å². The Kier molecular flexibility index (Phi) is 5.08. The molecule has 0 spiro atoms. The van der Waals surface area contributed by atoms with Crippen LogP contribution < -0.4 is 5.32 Å². The maximum absolute atomic E-state index is 14.4. The molecule has 1 saturated carbocycles. The molecule has 0 heterocycles. The zero-order chi connectivity index (χ0) is 15.6. The smallest absolute Gasteiger partial charge is 0.126 e. The molecule has 1 aromatic rings. The molecule has 118 valence electrons. The molecule has 1 aliphatic carbocycles. The minimum absolute atomic E-state index is 0.0298. The summed E-state index contributed by atoms with van der Waals surface area (Å²) in [6.07, 6.45) is 3.50. The summed E-state index contributed by atoms with van der Waals surface area (Å²) in [7, 11) is 0. The van der Waals surface area contributed by atoms with Gasteiger partial charge in [0.05, 0.1) is 0 Å². The second kappa shape index (κ2) is 6.48.